The minimum Gasteiger partial charge on any atom is -0.508 e. The largest absolute Gasteiger partial charge is 0.508 e. The standard InChI is InChI=1S/C18H15BrCl2NO5/c1-8(2)10-5-15(11(19)6-14(10)23)27-17-12(20)3-9(4-13(17)21)18(26)22-7-16(24)25/h3-8,23H,1-2H3,(H,22,26)(H,24,25). The van der Waals surface area contributed by atoms with Crippen LogP contribution in [0, 0.1) is 6.54 Å². The number of benzene rings is 2. The average molecular weight is 476 g/mol. The van der Waals surface area contributed by atoms with Gasteiger partial charge in [0, 0.05) is 11.1 Å². The highest BCUT2D eigenvalue weighted by Crippen LogP contribution is 2.42. The number of carbonyl (C=O) groups is 2. The molecule has 0 aromatic heterocycles. The number of aliphatic carboxylic acids is 1. The van der Waals surface area contributed by atoms with Gasteiger partial charge in [-0.2, -0.15) is 0 Å². The van der Waals surface area contributed by atoms with Crippen molar-refractivity contribution in [3.8, 4) is 17.2 Å². The summed E-state index contributed by atoms with van der Waals surface area (Å²) in [5.74, 6) is -1.28. The van der Waals surface area contributed by atoms with E-state index < -0.39 is 11.9 Å². The molecule has 0 aliphatic carbocycles. The summed E-state index contributed by atoms with van der Waals surface area (Å²) in [5, 5.41) is 20.8. The van der Waals surface area contributed by atoms with Crippen LogP contribution in [-0.4, -0.2) is 22.1 Å². The van der Waals surface area contributed by atoms with Gasteiger partial charge in [-0.25, -0.2) is 4.79 Å². The van der Waals surface area contributed by atoms with Crippen molar-refractivity contribution in [3.63, 3.8) is 0 Å². The van der Waals surface area contributed by atoms with Gasteiger partial charge in [0.2, 0.25) is 0 Å². The van der Waals surface area contributed by atoms with Crippen molar-refractivity contribution in [1.29, 1.82) is 0 Å². The van der Waals surface area contributed by atoms with E-state index in [0.29, 0.717) is 22.3 Å². The van der Waals surface area contributed by atoms with E-state index in [2.05, 4.69) is 21.2 Å². The molecule has 0 bridgehead atoms. The summed E-state index contributed by atoms with van der Waals surface area (Å²) in [6, 6.07) is 5.80. The van der Waals surface area contributed by atoms with E-state index >= 15 is 0 Å². The Kier molecular flexibility index (Phi) is 6.97. The third-order valence-electron chi connectivity index (χ3n) is 3.50. The normalized spacial score (nSPS) is 10.7. The highest BCUT2D eigenvalue weighted by Gasteiger charge is 2.18. The number of phenols is 1. The second-order valence-corrected chi connectivity index (χ2v) is 7.49. The number of amides is 1. The van der Waals surface area contributed by atoms with Crippen molar-refractivity contribution in [2.45, 2.75) is 19.8 Å². The molecule has 1 amide bonds. The Morgan fingerprint density at radius 2 is 1.78 bits per heavy atom. The molecule has 0 saturated heterocycles. The van der Waals surface area contributed by atoms with Gasteiger partial charge in [0.25, 0.3) is 5.91 Å². The summed E-state index contributed by atoms with van der Waals surface area (Å²) in [4.78, 5) is 22.4. The predicted octanol–water partition coefficient (Wildman–Crippen LogP) is 5.35. The Balaban J connectivity index is 2.34. The van der Waals surface area contributed by atoms with Gasteiger partial charge in [0.1, 0.15) is 11.5 Å². The van der Waals surface area contributed by atoms with Crippen molar-refractivity contribution in [2.24, 2.45) is 0 Å². The molecule has 0 atom stereocenters. The molecule has 0 spiro atoms. The molecule has 0 unspecified atom stereocenters. The first-order chi connectivity index (χ1) is 12.6. The Labute approximate surface area is 174 Å². The number of hydrogen-bond donors (Lipinski definition) is 3. The van der Waals surface area contributed by atoms with Crippen molar-refractivity contribution >= 4 is 51.0 Å². The number of carboxylic acid groups (broad SMARTS) is 1. The first kappa shape index (κ1) is 21.3. The van der Waals surface area contributed by atoms with Crippen molar-refractivity contribution in [1.82, 2.24) is 5.32 Å². The van der Waals surface area contributed by atoms with Gasteiger partial charge < -0.3 is 20.3 Å². The summed E-state index contributed by atoms with van der Waals surface area (Å²) in [7, 11) is 0. The first-order valence-corrected chi connectivity index (χ1v) is 9.21. The van der Waals surface area contributed by atoms with Gasteiger partial charge in [-0.05, 0) is 46.1 Å². The monoisotopic (exact) mass is 474 g/mol. The van der Waals surface area contributed by atoms with Gasteiger partial charge in [0.15, 0.2) is 12.3 Å². The molecule has 2 aromatic carbocycles. The maximum absolute atomic E-state index is 11.9. The van der Waals surface area contributed by atoms with Gasteiger partial charge in [0.05, 0.1) is 14.5 Å². The first-order valence-electron chi connectivity index (χ1n) is 7.66. The Bertz CT molecular complexity index is 879. The molecule has 0 aliphatic rings. The smallest absolute Gasteiger partial charge is 0.329 e. The second kappa shape index (κ2) is 8.82. The molecule has 2 rings (SSSR count). The number of halogens is 3. The molecule has 3 N–H and O–H groups in total. The zero-order valence-electron chi connectivity index (χ0n) is 14.2. The third kappa shape index (κ3) is 5.28. The fourth-order valence-corrected chi connectivity index (χ4v) is 3.18. The van der Waals surface area contributed by atoms with Crippen LogP contribution in [-0.2, 0) is 4.79 Å². The molecule has 0 fully saturated rings. The molecular weight excluding hydrogens is 461 g/mol. The molecule has 0 aliphatic heterocycles. The molecule has 1 radical (unpaired) electrons. The lowest BCUT2D eigenvalue weighted by Gasteiger charge is -2.15. The highest BCUT2D eigenvalue weighted by atomic mass is 79.9. The molecular formula is C18H15BrCl2NO5. The van der Waals surface area contributed by atoms with Gasteiger partial charge in [-0.1, -0.05) is 37.0 Å². The molecule has 0 saturated carbocycles. The highest BCUT2D eigenvalue weighted by molar-refractivity contribution is 9.10. The summed E-state index contributed by atoms with van der Waals surface area (Å²) in [5.41, 5.74) is 0.753. The number of nitrogens with one attached hydrogen (secondary N) is 1. The van der Waals surface area contributed by atoms with Crippen LogP contribution in [0.5, 0.6) is 17.2 Å². The van der Waals surface area contributed by atoms with Gasteiger partial charge >= 0.3 is 5.97 Å². The van der Waals surface area contributed by atoms with Crippen LogP contribution in [0.2, 0.25) is 10.0 Å². The molecule has 9 heteroatoms. The average Bonchev–Trinajstić information content (AvgIpc) is 2.56. The van der Waals surface area contributed by atoms with E-state index in [-0.39, 0.29) is 33.0 Å². The Morgan fingerprint density at radius 1 is 1.19 bits per heavy atom. The van der Waals surface area contributed by atoms with Crippen molar-refractivity contribution in [2.75, 3.05) is 0 Å². The van der Waals surface area contributed by atoms with Crippen molar-refractivity contribution in [3.05, 3.63) is 56.5 Å². The fourth-order valence-electron chi connectivity index (χ4n) is 2.21. The van der Waals surface area contributed by atoms with E-state index in [1.165, 1.54) is 18.2 Å². The lowest BCUT2D eigenvalue weighted by molar-refractivity contribution is -0.133. The van der Waals surface area contributed by atoms with E-state index in [1.807, 2.05) is 13.8 Å². The number of carbonyl (C=O) groups excluding carboxylic acids is 1. The number of carboxylic acids is 1. The summed E-state index contributed by atoms with van der Waals surface area (Å²) in [6.45, 7) is 4.46. The van der Waals surface area contributed by atoms with E-state index in [0.717, 1.165) is 0 Å². The fraction of sp³-hybridized carbons (Fsp3) is 0.167. The van der Waals surface area contributed by atoms with Crippen LogP contribution >= 0.6 is 39.1 Å². The predicted molar refractivity (Wildman–Crippen MR) is 106 cm³/mol. The molecule has 2 aromatic rings. The summed E-state index contributed by atoms with van der Waals surface area (Å²) in [6.07, 6.45) is 0. The molecule has 0 heterocycles. The minimum absolute atomic E-state index is 0.0583. The zero-order chi connectivity index (χ0) is 20.3. The van der Waals surface area contributed by atoms with E-state index in [9.17, 15) is 14.7 Å². The van der Waals surface area contributed by atoms with Crippen LogP contribution in [0.4, 0.5) is 0 Å². The second-order valence-electron chi connectivity index (χ2n) is 5.82. The number of aromatic hydroxyl groups is 1. The lowest BCUT2D eigenvalue weighted by atomic mass is 10.0. The Morgan fingerprint density at radius 3 is 2.30 bits per heavy atom. The van der Waals surface area contributed by atoms with Crippen molar-refractivity contribution < 1.29 is 24.5 Å². The Hall–Kier alpha value is -1.96. The topological polar surface area (TPSA) is 95.9 Å². The zero-order valence-corrected chi connectivity index (χ0v) is 17.3. The number of hydrogen-bond acceptors (Lipinski definition) is 4. The van der Waals surface area contributed by atoms with Crippen LogP contribution < -0.4 is 10.1 Å². The summed E-state index contributed by atoms with van der Waals surface area (Å²) >= 11 is 15.7. The third-order valence-corrected chi connectivity index (χ3v) is 4.68. The van der Waals surface area contributed by atoms with E-state index in [1.54, 1.807) is 6.07 Å². The SMILES string of the molecule is CC(C)c1cc(Oc2c(Cl)cc(C(=O)N[CH]C(=O)O)cc2Cl)c(Br)cc1O. The molecule has 6 nitrogen and oxygen atoms in total. The summed E-state index contributed by atoms with van der Waals surface area (Å²) < 4.78 is 6.29. The van der Waals surface area contributed by atoms with Gasteiger partial charge in [-0.15, -0.1) is 0 Å². The maximum Gasteiger partial charge on any atom is 0.329 e. The number of ether oxygens (including phenoxy) is 1. The number of rotatable bonds is 6. The van der Waals surface area contributed by atoms with Crippen LogP contribution in [0.1, 0.15) is 35.7 Å². The lowest BCUT2D eigenvalue weighted by Crippen LogP contribution is -2.24. The maximum atomic E-state index is 11.9. The van der Waals surface area contributed by atoms with Crippen LogP contribution in [0.3, 0.4) is 0 Å². The quantitative estimate of drug-likeness (QED) is 0.523. The number of phenolic OH excluding ortho intramolecular Hbond substituents is 1. The van der Waals surface area contributed by atoms with Crippen LogP contribution in [0.15, 0.2) is 28.7 Å². The minimum atomic E-state index is -1.29. The van der Waals surface area contributed by atoms with Crippen LogP contribution in [0.25, 0.3) is 0 Å². The van der Waals surface area contributed by atoms with E-state index in [4.69, 9.17) is 33.0 Å². The molecule has 27 heavy (non-hydrogen) atoms. The van der Waals surface area contributed by atoms with Gasteiger partial charge in [-0.3, -0.25) is 4.79 Å². The molecule has 143 valence electrons.